The highest BCUT2D eigenvalue weighted by molar-refractivity contribution is 5.46. The predicted octanol–water partition coefficient (Wildman–Crippen LogP) is 3.32. The summed E-state index contributed by atoms with van der Waals surface area (Å²) in [5.41, 5.74) is 9.41. The molecule has 0 radical (unpaired) electrons. The molecule has 0 aliphatic rings. The van der Waals surface area contributed by atoms with Gasteiger partial charge in [-0.05, 0) is 30.2 Å². The number of anilines is 1. The van der Waals surface area contributed by atoms with Crippen LogP contribution in [0.1, 0.15) is 24.1 Å². The maximum atomic E-state index is 5.86. The molecule has 0 saturated carbocycles. The van der Waals surface area contributed by atoms with E-state index in [1.54, 1.807) is 0 Å². The molecular weight excluding hydrogens is 208 g/mol. The largest absolute Gasteiger partial charge is 0.381 e. The van der Waals surface area contributed by atoms with Gasteiger partial charge in [0.1, 0.15) is 0 Å². The number of hydrogen-bond donors (Lipinski definition) is 2. The maximum Gasteiger partial charge on any atom is 0.0400 e. The van der Waals surface area contributed by atoms with E-state index >= 15 is 0 Å². The van der Waals surface area contributed by atoms with Crippen molar-refractivity contribution < 1.29 is 0 Å². The summed E-state index contributed by atoms with van der Waals surface area (Å²) in [6.45, 7) is 2.83. The fourth-order valence-corrected chi connectivity index (χ4v) is 1.73. The molecule has 2 aromatic rings. The first-order valence-corrected chi connectivity index (χ1v) is 5.89. The van der Waals surface area contributed by atoms with Gasteiger partial charge in [-0.25, -0.2) is 0 Å². The van der Waals surface area contributed by atoms with E-state index in [0.29, 0.717) is 0 Å². The minimum atomic E-state index is 0.0773. The molecule has 2 aromatic carbocycles. The van der Waals surface area contributed by atoms with E-state index in [4.69, 9.17) is 5.73 Å². The van der Waals surface area contributed by atoms with Crippen LogP contribution in [-0.2, 0) is 6.54 Å². The van der Waals surface area contributed by atoms with E-state index in [-0.39, 0.29) is 6.04 Å². The first-order chi connectivity index (χ1) is 8.25. The van der Waals surface area contributed by atoms with Gasteiger partial charge in [0, 0.05) is 18.3 Å². The van der Waals surface area contributed by atoms with Gasteiger partial charge < -0.3 is 11.1 Å². The van der Waals surface area contributed by atoms with Crippen molar-refractivity contribution in [2.24, 2.45) is 5.73 Å². The molecule has 0 aliphatic heterocycles. The molecule has 0 amide bonds. The summed E-state index contributed by atoms with van der Waals surface area (Å²) in [6.07, 6.45) is 0. The summed E-state index contributed by atoms with van der Waals surface area (Å²) >= 11 is 0. The Morgan fingerprint density at radius 2 is 1.82 bits per heavy atom. The second-order valence-electron chi connectivity index (χ2n) is 4.25. The number of benzene rings is 2. The van der Waals surface area contributed by atoms with Crippen LogP contribution in [-0.4, -0.2) is 0 Å². The molecule has 17 heavy (non-hydrogen) atoms. The Morgan fingerprint density at radius 1 is 1.06 bits per heavy atom. The molecule has 0 aromatic heterocycles. The molecule has 0 heterocycles. The lowest BCUT2D eigenvalue weighted by atomic mass is 10.1. The second-order valence-corrected chi connectivity index (χ2v) is 4.25. The SMILES string of the molecule is CC(N)c1cccc(NCc2ccccc2)c1. The normalized spacial score (nSPS) is 12.1. The van der Waals surface area contributed by atoms with E-state index in [2.05, 4.69) is 47.8 Å². The van der Waals surface area contributed by atoms with E-state index < -0.39 is 0 Å². The Balaban J connectivity index is 2.02. The van der Waals surface area contributed by atoms with Crippen LogP contribution in [0.4, 0.5) is 5.69 Å². The Kier molecular flexibility index (Phi) is 3.78. The molecule has 0 bridgehead atoms. The molecule has 1 atom stereocenters. The summed E-state index contributed by atoms with van der Waals surface area (Å²) in [6, 6.07) is 18.7. The molecule has 0 saturated heterocycles. The fraction of sp³-hybridized carbons (Fsp3) is 0.200. The van der Waals surface area contributed by atoms with Crippen molar-refractivity contribution in [2.45, 2.75) is 19.5 Å². The quantitative estimate of drug-likeness (QED) is 0.839. The van der Waals surface area contributed by atoms with E-state index in [1.165, 1.54) is 5.56 Å². The van der Waals surface area contributed by atoms with Crippen LogP contribution in [0.15, 0.2) is 54.6 Å². The van der Waals surface area contributed by atoms with Crippen molar-refractivity contribution in [1.82, 2.24) is 0 Å². The highest BCUT2D eigenvalue weighted by Gasteiger charge is 2.00. The number of rotatable bonds is 4. The van der Waals surface area contributed by atoms with Gasteiger partial charge in [-0.2, -0.15) is 0 Å². The molecule has 1 unspecified atom stereocenters. The lowest BCUT2D eigenvalue weighted by Crippen LogP contribution is -2.06. The molecular formula is C15H18N2. The van der Waals surface area contributed by atoms with Crippen LogP contribution in [0.3, 0.4) is 0 Å². The van der Waals surface area contributed by atoms with Crippen molar-refractivity contribution in [1.29, 1.82) is 0 Å². The first-order valence-electron chi connectivity index (χ1n) is 5.89. The monoisotopic (exact) mass is 226 g/mol. The van der Waals surface area contributed by atoms with Crippen LogP contribution in [0.25, 0.3) is 0 Å². The zero-order valence-electron chi connectivity index (χ0n) is 10.1. The van der Waals surface area contributed by atoms with E-state index in [9.17, 15) is 0 Å². The number of nitrogens with one attached hydrogen (secondary N) is 1. The third kappa shape index (κ3) is 3.33. The summed E-state index contributed by atoms with van der Waals surface area (Å²) < 4.78 is 0. The summed E-state index contributed by atoms with van der Waals surface area (Å²) in [7, 11) is 0. The van der Waals surface area contributed by atoms with Gasteiger partial charge in [0.05, 0.1) is 0 Å². The van der Waals surface area contributed by atoms with Crippen LogP contribution in [0.2, 0.25) is 0 Å². The molecule has 3 N–H and O–H groups in total. The molecule has 2 nitrogen and oxygen atoms in total. The van der Waals surface area contributed by atoms with Crippen molar-refractivity contribution in [3.63, 3.8) is 0 Å². The van der Waals surface area contributed by atoms with Crippen molar-refractivity contribution in [3.8, 4) is 0 Å². The zero-order chi connectivity index (χ0) is 12.1. The minimum absolute atomic E-state index is 0.0773. The van der Waals surface area contributed by atoms with Gasteiger partial charge in [-0.15, -0.1) is 0 Å². The van der Waals surface area contributed by atoms with Crippen LogP contribution >= 0.6 is 0 Å². The summed E-state index contributed by atoms with van der Waals surface area (Å²) in [5.74, 6) is 0. The average Bonchev–Trinajstić information content (AvgIpc) is 2.38. The van der Waals surface area contributed by atoms with Crippen molar-refractivity contribution in [2.75, 3.05) is 5.32 Å². The Hall–Kier alpha value is -1.80. The molecule has 0 aliphatic carbocycles. The highest BCUT2D eigenvalue weighted by atomic mass is 14.9. The Morgan fingerprint density at radius 3 is 2.53 bits per heavy atom. The summed E-state index contributed by atoms with van der Waals surface area (Å²) in [5, 5.41) is 3.40. The Labute approximate surface area is 102 Å². The molecule has 2 rings (SSSR count). The fourth-order valence-electron chi connectivity index (χ4n) is 1.73. The van der Waals surface area contributed by atoms with Gasteiger partial charge in [0.2, 0.25) is 0 Å². The third-order valence-electron chi connectivity index (χ3n) is 2.75. The van der Waals surface area contributed by atoms with E-state index in [1.807, 2.05) is 19.1 Å². The topological polar surface area (TPSA) is 38.0 Å². The van der Waals surface area contributed by atoms with Crippen molar-refractivity contribution >= 4 is 5.69 Å². The van der Waals surface area contributed by atoms with Gasteiger partial charge in [-0.1, -0.05) is 42.5 Å². The lowest BCUT2D eigenvalue weighted by molar-refractivity contribution is 0.818. The molecule has 88 valence electrons. The van der Waals surface area contributed by atoms with Crippen LogP contribution in [0.5, 0.6) is 0 Å². The second kappa shape index (κ2) is 5.51. The van der Waals surface area contributed by atoms with Gasteiger partial charge in [0.25, 0.3) is 0 Å². The lowest BCUT2D eigenvalue weighted by Gasteiger charge is -2.10. The Bertz CT molecular complexity index is 463. The zero-order valence-corrected chi connectivity index (χ0v) is 10.1. The molecule has 2 heteroatoms. The summed E-state index contributed by atoms with van der Waals surface area (Å²) in [4.78, 5) is 0. The third-order valence-corrected chi connectivity index (χ3v) is 2.75. The number of hydrogen-bond acceptors (Lipinski definition) is 2. The molecule has 0 spiro atoms. The van der Waals surface area contributed by atoms with Crippen LogP contribution < -0.4 is 11.1 Å². The standard InChI is InChI=1S/C15H18N2/c1-12(16)14-8-5-9-15(10-14)17-11-13-6-3-2-4-7-13/h2-10,12,17H,11,16H2,1H3. The predicted molar refractivity (Wildman–Crippen MR) is 72.8 cm³/mol. The molecule has 0 fully saturated rings. The average molecular weight is 226 g/mol. The van der Waals surface area contributed by atoms with Crippen molar-refractivity contribution in [3.05, 3.63) is 65.7 Å². The highest BCUT2D eigenvalue weighted by Crippen LogP contribution is 2.16. The minimum Gasteiger partial charge on any atom is -0.381 e. The van der Waals surface area contributed by atoms with E-state index in [0.717, 1.165) is 17.8 Å². The van der Waals surface area contributed by atoms with Gasteiger partial charge in [-0.3, -0.25) is 0 Å². The number of nitrogens with two attached hydrogens (primary N) is 1. The maximum absolute atomic E-state index is 5.86. The van der Waals surface area contributed by atoms with Gasteiger partial charge >= 0.3 is 0 Å². The van der Waals surface area contributed by atoms with Gasteiger partial charge in [0.15, 0.2) is 0 Å². The van der Waals surface area contributed by atoms with Crippen LogP contribution in [0, 0.1) is 0 Å². The first kappa shape index (κ1) is 11.7. The smallest absolute Gasteiger partial charge is 0.0400 e.